The number of carbonyl (C=O) groups excluding carboxylic acids is 1. The predicted molar refractivity (Wildman–Crippen MR) is 74.2 cm³/mol. The number of aryl methyl sites for hydroxylation is 1. The number of thiophene rings is 1. The molecule has 1 heterocycles. The van der Waals surface area contributed by atoms with Gasteiger partial charge in [-0.25, -0.2) is 0 Å². The van der Waals surface area contributed by atoms with Crippen molar-refractivity contribution in [1.82, 2.24) is 10.6 Å². The number of halogens is 1. The van der Waals surface area contributed by atoms with Crippen molar-refractivity contribution in [1.29, 1.82) is 0 Å². The van der Waals surface area contributed by atoms with Crippen molar-refractivity contribution < 1.29 is 4.79 Å². The van der Waals surface area contributed by atoms with E-state index in [9.17, 15) is 4.79 Å². The summed E-state index contributed by atoms with van der Waals surface area (Å²) in [6.07, 6.45) is 4.40. The van der Waals surface area contributed by atoms with Gasteiger partial charge in [-0.05, 0) is 44.2 Å². The van der Waals surface area contributed by atoms with E-state index in [2.05, 4.69) is 10.6 Å². The summed E-state index contributed by atoms with van der Waals surface area (Å²) in [4.78, 5) is 13.3. The average Bonchev–Trinajstić information content (AvgIpc) is 2.95. The molecule has 0 spiro atoms. The van der Waals surface area contributed by atoms with Gasteiger partial charge in [0.1, 0.15) is 0 Å². The van der Waals surface area contributed by atoms with Gasteiger partial charge in [0.15, 0.2) is 0 Å². The molecular formula is C13H17ClN2OS. The number of fused-ring (bicyclic) bond motifs is 1. The van der Waals surface area contributed by atoms with Crippen LogP contribution in [0.2, 0.25) is 4.34 Å². The van der Waals surface area contributed by atoms with E-state index in [4.69, 9.17) is 11.6 Å². The highest BCUT2D eigenvalue weighted by molar-refractivity contribution is 7.16. The second-order valence-corrected chi connectivity index (χ2v) is 6.96. The maximum Gasteiger partial charge on any atom is 0.237 e. The molecule has 1 aromatic heterocycles. The van der Waals surface area contributed by atoms with E-state index in [-0.39, 0.29) is 18.0 Å². The highest BCUT2D eigenvalue weighted by Gasteiger charge is 2.30. The van der Waals surface area contributed by atoms with Crippen molar-refractivity contribution in [3.63, 3.8) is 0 Å². The van der Waals surface area contributed by atoms with E-state index in [0.29, 0.717) is 6.04 Å². The molecule has 0 aliphatic heterocycles. The van der Waals surface area contributed by atoms with E-state index >= 15 is 0 Å². The van der Waals surface area contributed by atoms with Gasteiger partial charge in [0.2, 0.25) is 5.91 Å². The second-order valence-electron chi connectivity index (χ2n) is 5.19. The van der Waals surface area contributed by atoms with E-state index in [1.165, 1.54) is 10.4 Å². The lowest BCUT2D eigenvalue weighted by molar-refractivity contribution is -0.123. The molecule has 1 fully saturated rings. The van der Waals surface area contributed by atoms with Crippen molar-refractivity contribution in [2.75, 3.05) is 0 Å². The fourth-order valence-electron chi connectivity index (χ4n) is 2.43. The van der Waals surface area contributed by atoms with E-state index < -0.39 is 0 Å². The standard InChI is InChI=1S/C13H17ClN2OS/c1-7(13(17)16-8-2-3-8)15-10-4-5-11-9(10)6-12(14)18-11/h6-8,10,15H,2-5H2,1H3,(H,16,17). The number of amides is 1. The van der Waals surface area contributed by atoms with E-state index in [0.717, 1.165) is 30.0 Å². The van der Waals surface area contributed by atoms with E-state index in [1.807, 2.05) is 13.0 Å². The molecule has 0 saturated heterocycles. The minimum absolute atomic E-state index is 0.118. The number of nitrogens with one attached hydrogen (secondary N) is 2. The molecule has 98 valence electrons. The highest BCUT2D eigenvalue weighted by Crippen LogP contribution is 2.39. The van der Waals surface area contributed by atoms with Gasteiger partial charge in [0.25, 0.3) is 0 Å². The Labute approximate surface area is 116 Å². The quantitative estimate of drug-likeness (QED) is 0.892. The van der Waals surface area contributed by atoms with Crippen molar-refractivity contribution in [3.05, 3.63) is 20.8 Å². The minimum atomic E-state index is -0.139. The summed E-state index contributed by atoms with van der Waals surface area (Å²) in [6.45, 7) is 1.93. The van der Waals surface area contributed by atoms with Crippen molar-refractivity contribution in [3.8, 4) is 0 Å². The van der Waals surface area contributed by atoms with Crippen molar-refractivity contribution >= 4 is 28.8 Å². The molecule has 18 heavy (non-hydrogen) atoms. The molecule has 3 nitrogen and oxygen atoms in total. The number of hydrogen-bond acceptors (Lipinski definition) is 3. The molecule has 0 radical (unpaired) electrons. The first kappa shape index (κ1) is 12.5. The summed E-state index contributed by atoms with van der Waals surface area (Å²) in [5, 5.41) is 6.45. The van der Waals surface area contributed by atoms with Crippen LogP contribution in [0.1, 0.15) is 42.7 Å². The minimum Gasteiger partial charge on any atom is -0.352 e. The summed E-state index contributed by atoms with van der Waals surface area (Å²) < 4.78 is 0.849. The molecule has 0 aromatic carbocycles. The largest absolute Gasteiger partial charge is 0.352 e. The van der Waals surface area contributed by atoms with Gasteiger partial charge in [-0.15, -0.1) is 11.3 Å². The zero-order chi connectivity index (χ0) is 12.7. The Balaban J connectivity index is 1.60. The van der Waals surface area contributed by atoms with Crippen LogP contribution in [0.15, 0.2) is 6.07 Å². The SMILES string of the molecule is CC(NC1CCc2sc(Cl)cc21)C(=O)NC1CC1. The zero-order valence-corrected chi connectivity index (χ0v) is 11.9. The molecular weight excluding hydrogens is 268 g/mol. The van der Waals surface area contributed by atoms with Gasteiger partial charge in [-0.1, -0.05) is 11.6 Å². The molecule has 0 bridgehead atoms. The molecule has 2 N–H and O–H groups in total. The predicted octanol–water partition coefficient (Wildman–Crippen LogP) is 2.65. The molecule has 2 aliphatic rings. The summed E-state index contributed by atoms with van der Waals surface area (Å²) in [6, 6.07) is 2.61. The third kappa shape index (κ3) is 2.56. The van der Waals surface area contributed by atoms with Crippen LogP contribution in [0.3, 0.4) is 0 Å². The Kier molecular flexibility index (Phi) is 3.34. The van der Waals surface area contributed by atoms with Crippen molar-refractivity contribution in [2.24, 2.45) is 0 Å². The normalized spacial score (nSPS) is 23.8. The highest BCUT2D eigenvalue weighted by atomic mass is 35.5. The second kappa shape index (κ2) is 4.83. The topological polar surface area (TPSA) is 41.1 Å². The molecule has 5 heteroatoms. The molecule has 2 aliphatic carbocycles. The monoisotopic (exact) mass is 284 g/mol. The number of hydrogen-bond donors (Lipinski definition) is 2. The Bertz CT molecular complexity index is 470. The smallest absolute Gasteiger partial charge is 0.237 e. The molecule has 2 unspecified atom stereocenters. The summed E-state index contributed by atoms with van der Waals surface area (Å²) in [5.74, 6) is 0.118. The average molecular weight is 285 g/mol. The van der Waals surface area contributed by atoms with Crippen LogP contribution in [0.25, 0.3) is 0 Å². The Hall–Kier alpha value is -0.580. The van der Waals surface area contributed by atoms with Crippen LogP contribution in [0.5, 0.6) is 0 Å². The lowest BCUT2D eigenvalue weighted by Gasteiger charge is -2.19. The van der Waals surface area contributed by atoms with Crippen LogP contribution in [-0.4, -0.2) is 18.0 Å². The zero-order valence-electron chi connectivity index (χ0n) is 10.3. The van der Waals surface area contributed by atoms with Crippen LogP contribution in [-0.2, 0) is 11.2 Å². The maximum absolute atomic E-state index is 11.9. The maximum atomic E-state index is 11.9. The van der Waals surface area contributed by atoms with Crippen LogP contribution in [0, 0.1) is 0 Å². The fraction of sp³-hybridized carbons (Fsp3) is 0.615. The molecule has 1 saturated carbocycles. The van der Waals surface area contributed by atoms with Gasteiger partial charge >= 0.3 is 0 Å². The number of carbonyl (C=O) groups is 1. The lowest BCUT2D eigenvalue weighted by Crippen LogP contribution is -2.44. The lowest BCUT2D eigenvalue weighted by atomic mass is 10.1. The summed E-state index contributed by atoms with van der Waals surface area (Å²) in [5.41, 5.74) is 1.29. The van der Waals surface area contributed by atoms with Crippen LogP contribution >= 0.6 is 22.9 Å². The van der Waals surface area contributed by atoms with Gasteiger partial charge in [-0.3, -0.25) is 10.1 Å². The van der Waals surface area contributed by atoms with Gasteiger partial charge < -0.3 is 5.32 Å². The summed E-state index contributed by atoms with van der Waals surface area (Å²) in [7, 11) is 0. The van der Waals surface area contributed by atoms with Crippen LogP contribution in [0.4, 0.5) is 0 Å². The molecule has 3 rings (SSSR count). The van der Waals surface area contributed by atoms with Crippen molar-refractivity contribution in [2.45, 2.75) is 50.7 Å². The first-order chi connectivity index (χ1) is 8.63. The third-order valence-corrected chi connectivity index (χ3v) is 4.95. The van der Waals surface area contributed by atoms with Gasteiger partial charge in [-0.2, -0.15) is 0 Å². The third-order valence-electron chi connectivity index (χ3n) is 3.62. The van der Waals surface area contributed by atoms with Gasteiger partial charge in [0.05, 0.1) is 10.4 Å². The molecule has 2 atom stereocenters. The first-order valence-corrected chi connectivity index (χ1v) is 7.67. The Morgan fingerprint density at radius 2 is 2.28 bits per heavy atom. The van der Waals surface area contributed by atoms with E-state index in [1.54, 1.807) is 11.3 Å². The number of rotatable bonds is 4. The van der Waals surface area contributed by atoms with Gasteiger partial charge in [0, 0.05) is 17.0 Å². The molecule has 1 aromatic rings. The Morgan fingerprint density at radius 3 is 3.00 bits per heavy atom. The summed E-state index contributed by atoms with van der Waals surface area (Å²) >= 11 is 7.69. The Morgan fingerprint density at radius 1 is 1.50 bits per heavy atom. The molecule has 1 amide bonds. The first-order valence-electron chi connectivity index (χ1n) is 6.48. The van der Waals surface area contributed by atoms with Crippen LogP contribution < -0.4 is 10.6 Å². The fourth-order valence-corrected chi connectivity index (χ4v) is 3.79.